The number of hydrogen-bond donors (Lipinski definition) is 2. The van der Waals surface area contributed by atoms with Crippen molar-refractivity contribution in [2.24, 2.45) is 5.73 Å². The predicted molar refractivity (Wildman–Crippen MR) is 61.5 cm³/mol. The second kappa shape index (κ2) is 4.94. The lowest BCUT2D eigenvalue weighted by molar-refractivity contribution is -0.123. The highest BCUT2D eigenvalue weighted by atomic mass is 16.1. The molecule has 0 aromatic heterocycles. The van der Waals surface area contributed by atoms with E-state index < -0.39 is 5.54 Å². The molecule has 4 heteroatoms. The van der Waals surface area contributed by atoms with Gasteiger partial charge >= 0.3 is 0 Å². The molecule has 4 nitrogen and oxygen atoms in total. The summed E-state index contributed by atoms with van der Waals surface area (Å²) in [5.41, 5.74) is 4.75. The monoisotopic (exact) mass is 213 g/mol. The highest BCUT2D eigenvalue weighted by Crippen LogP contribution is 2.13. The first kappa shape index (κ1) is 12.5. The molecule has 1 atom stereocenters. The minimum Gasteiger partial charge on any atom is -0.368 e. The average Bonchev–Trinajstić information content (AvgIpc) is 2.30. The van der Waals surface area contributed by atoms with Gasteiger partial charge in [0.05, 0.1) is 5.54 Å². The second-order valence-electron chi connectivity index (χ2n) is 5.06. The lowest BCUT2D eigenvalue weighted by Gasteiger charge is -2.28. The van der Waals surface area contributed by atoms with Crippen molar-refractivity contribution in [3.8, 4) is 0 Å². The summed E-state index contributed by atoms with van der Waals surface area (Å²) in [5, 5.41) is 3.35. The van der Waals surface area contributed by atoms with Gasteiger partial charge in [0, 0.05) is 6.04 Å². The fourth-order valence-electron chi connectivity index (χ4n) is 1.97. The van der Waals surface area contributed by atoms with Crippen LogP contribution in [0.1, 0.15) is 33.1 Å². The Morgan fingerprint density at radius 1 is 1.40 bits per heavy atom. The maximum atomic E-state index is 11.2. The predicted octanol–water partition coefficient (Wildman–Crippen LogP) is 0.324. The van der Waals surface area contributed by atoms with Gasteiger partial charge < -0.3 is 16.0 Å². The van der Waals surface area contributed by atoms with Crippen LogP contribution < -0.4 is 11.1 Å². The number of nitrogens with two attached hydrogens (primary N) is 1. The maximum absolute atomic E-state index is 11.2. The number of primary amides is 1. The Morgan fingerprint density at radius 3 is 2.67 bits per heavy atom. The molecule has 3 N–H and O–H groups in total. The summed E-state index contributed by atoms with van der Waals surface area (Å²) in [7, 11) is 2.14. The Labute approximate surface area is 92.2 Å². The van der Waals surface area contributed by atoms with Crippen LogP contribution in [0.4, 0.5) is 0 Å². The van der Waals surface area contributed by atoms with Crippen molar-refractivity contribution in [1.82, 2.24) is 10.2 Å². The standard InChI is InChI=1S/C11H23N3O/c1-11(2,10(12)15)13-9-5-4-7-14(3)8-6-9/h9,13H,4-8H2,1-3H3,(H2,12,15). The molecule has 0 bridgehead atoms. The molecule has 1 aliphatic rings. The third kappa shape index (κ3) is 3.80. The molecule has 1 heterocycles. The number of likely N-dealkylation sites (tertiary alicyclic amines) is 1. The lowest BCUT2D eigenvalue weighted by Crippen LogP contribution is -2.54. The summed E-state index contributed by atoms with van der Waals surface area (Å²) in [6.07, 6.45) is 3.40. The second-order valence-corrected chi connectivity index (χ2v) is 5.06. The summed E-state index contributed by atoms with van der Waals surface area (Å²) in [6, 6.07) is 0.414. The van der Waals surface area contributed by atoms with Gasteiger partial charge in [-0.2, -0.15) is 0 Å². The minimum absolute atomic E-state index is 0.278. The number of nitrogens with one attached hydrogen (secondary N) is 1. The smallest absolute Gasteiger partial charge is 0.237 e. The molecule has 1 unspecified atom stereocenters. The topological polar surface area (TPSA) is 58.4 Å². The number of rotatable bonds is 3. The van der Waals surface area contributed by atoms with E-state index in [2.05, 4.69) is 17.3 Å². The number of hydrogen-bond acceptors (Lipinski definition) is 3. The van der Waals surface area contributed by atoms with Crippen molar-refractivity contribution in [3.63, 3.8) is 0 Å². The van der Waals surface area contributed by atoms with Gasteiger partial charge in [-0.3, -0.25) is 4.79 Å². The van der Waals surface area contributed by atoms with E-state index in [0.717, 1.165) is 25.9 Å². The molecular formula is C11H23N3O. The quantitative estimate of drug-likeness (QED) is 0.710. The molecule has 1 fully saturated rings. The van der Waals surface area contributed by atoms with Crippen LogP contribution in [0.3, 0.4) is 0 Å². The van der Waals surface area contributed by atoms with E-state index in [1.807, 2.05) is 13.8 Å². The minimum atomic E-state index is -0.590. The van der Waals surface area contributed by atoms with E-state index in [9.17, 15) is 4.79 Å². The van der Waals surface area contributed by atoms with Crippen molar-refractivity contribution in [3.05, 3.63) is 0 Å². The van der Waals surface area contributed by atoms with Crippen LogP contribution in [0.2, 0.25) is 0 Å². The van der Waals surface area contributed by atoms with Gasteiger partial charge in [0.25, 0.3) is 0 Å². The summed E-state index contributed by atoms with van der Waals surface area (Å²) in [5.74, 6) is -0.278. The van der Waals surface area contributed by atoms with Crippen LogP contribution >= 0.6 is 0 Å². The van der Waals surface area contributed by atoms with Gasteiger partial charge in [-0.25, -0.2) is 0 Å². The molecule has 15 heavy (non-hydrogen) atoms. The van der Waals surface area contributed by atoms with Gasteiger partial charge in [-0.05, 0) is 53.2 Å². The lowest BCUT2D eigenvalue weighted by atomic mass is 10.0. The van der Waals surface area contributed by atoms with Gasteiger partial charge in [0.2, 0.25) is 5.91 Å². The van der Waals surface area contributed by atoms with Crippen molar-refractivity contribution < 1.29 is 4.79 Å². The molecule has 0 aromatic rings. The van der Waals surface area contributed by atoms with E-state index in [0.29, 0.717) is 6.04 Å². The maximum Gasteiger partial charge on any atom is 0.237 e. The number of amides is 1. The van der Waals surface area contributed by atoms with Gasteiger partial charge in [-0.15, -0.1) is 0 Å². The van der Waals surface area contributed by atoms with Crippen molar-refractivity contribution in [1.29, 1.82) is 0 Å². The third-order valence-corrected chi connectivity index (χ3v) is 3.13. The van der Waals surface area contributed by atoms with Crippen LogP contribution in [-0.4, -0.2) is 42.5 Å². The Kier molecular flexibility index (Phi) is 4.11. The first-order valence-electron chi connectivity index (χ1n) is 5.68. The Morgan fingerprint density at radius 2 is 2.07 bits per heavy atom. The van der Waals surface area contributed by atoms with Gasteiger partial charge in [0.15, 0.2) is 0 Å². The molecule has 0 spiro atoms. The highest BCUT2D eigenvalue weighted by Gasteiger charge is 2.28. The normalized spacial score (nSPS) is 24.9. The van der Waals surface area contributed by atoms with E-state index >= 15 is 0 Å². The largest absolute Gasteiger partial charge is 0.368 e. The summed E-state index contributed by atoms with van der Waals surface area (Å²) < 4.78 is 0. The Bertz CT molecular complexity index is 228. The summed E-state index contributed by atoms with van der Waals surface area (Å²) in [4.78, 5) is 13.5. The zero-order chi connectivity index (χ0) is 11.5. The van der Waals surface area contributed by atoms with Gasteiger partial charge in [-0.1, -0.05) is 0 Å². The van der Waals surface area contributed by atoms with Crippen molar-refractivity contribution in [2.75, 3.05) is 20.1 Å². The Hall–Kier alpha value is -0.610. The zero-order valence-electron chi connectivity index (χ0n) is 10.0. The molecule has 0 radical (unpaired) electrons. The van der Waals surface area contributed by atoms with Crippen LogP contribution in [0.15, 0.2) is 0 Å². The van der Waals surface area contributed by atoms with Crippen LogP contribution in [-0.2, 0) is 4.79 Å². The number of nitrogens with zero attached hydrogens (tertiary/aromatic N) is 1. The van der Waals surface area contributed by atoms with E-state index in [4.69, 9.17) is 5.73 Å². The first-order chi connectivity index (χ1) is 6.92. The van der Waals surface area contributed by atoms with Crippen molar-refractivity contribution >= 4 is 5.91 Å². The zero-order valence-corrected chi connectivity index (χ0v) is 10.0. The molecule has 0 saturated carbocycles. The Balaban J connectivity index is 2.47. The van der Waals surface area contributed by atoms with E-state index in [1.54, 1.807) is 0 Å². The van der Waals surface area contributed by atoms with Crippen LogP contribution in [0, 0.1) is 0 Å². The molecule has 0 aliphatic carbocycles. The molecule has 88 valence electrons. The average molecular weight is 213 g/mol. The molecule has 1 aliphatic heterocycles. The van der Waals surface area contributed by atoms with E-state index in [1.165, 1.54) is 6.42 Å². The number of carbonyl (C=O) groups excluding carboxylic acids is 1. The summed E-state index contributed by atoms with van der Waals surface area (Å²) >= 11 is 0. The van der Waals surface area contributed by atoms with Gasteiger partial charge in [0.1, 0.15) is 0 Å². The first-order valence-corrected chi connectivity index (χ1v) is 5.68. The molecular weight excluding hydrogens is 190 g/mol. The summed E-state index contributed by atoms with van der Waals surface area (Å²) in [6.45, 7) is 5.94. The molecule has 1 saturated heterocycles. The van der Waals surface area contributed by atoms with Crippen LogP contribution in [0.25, 0.3) is 0 Å². The SMILES string of the molecule is CN1CCCC(NC(C)(C)C(N)=O)CC1. The molecule has 1 amide bonds. The van der Waals surface area contributed by atoms with E-state index in [-0.39, 0.29) is 5.91 Å². The fraction of sp³-hybridized carbons (Fsp3) is 0.909. The van der Waals surface area contributed by atoms with Crippen molar-refractivity contribution in [2.45, 2.75) is 44.7 Å². The van der Waals surface area contributed by atoms with Crippen LogP contribution in [0.5, 0.6) is 0 Å². The molecule has 1 rings (SSSR count). The number of carbonyl (C=O) groups is 1. The fourth-order valence-corrected chi connectivity index (χ4v) is 1.97. The highest BCUT2D eigenvalue weighted by molar-refractivity contribution is 5.83. The third-order valence-electron chi connectivity index (χ3n) is 3.13. The molecule has 0 aromatic carbocycles.